The largest absolute Gasteiger partial charge is 0.397 e. The van der Waals surface area contributed by atoms with Crippen molar-refractivity contribution in [2.75, 3.05) is 5.73 Å². The van der Waals surface area contributed by atoms with E-state index in [4.69, 9.17) is 17.3 Å². The van der Waals surface area contributed by atoms with E-state index in [2.05, 4.69) is 4.98 Å². The van der Waals surface area contributed by atoms with E-state index >= 15 is 0 Å². The third kappa shape index (κ3) is 2.10. The molecule has 0 aliphatic rings. The van der Waals surface area contributed by atoms with Gasteiger partial charge in [-0.2, -0.15) is 0 Å². The number of hydrogen-bond donors (Lipinski definition) is 1. The molecular weight excluding hydrogens is 208 g/mol. The van der Waals surface area contributed by atoms with Gasteiger partial charge in [-0.1, -0.05) is 23.7 Å². The molecule has 2 N–H and O–H groups in total. The van der Waals surface area contributed by atoms with Crippen molar-refractivity contribution in [3.63, 3.8) is 0 Å². The Balaban J connectivity index is 2.50. The first-order valence-corrected chi connectivity index (χ1v) is 5.02. The summed E-state index contributed by atoms with van der Waals surface area (Å²) in [6.45, 7) is 1.96. The smallest absolute Gasteiger partial charge is 0.0706 e. The molecule has 2 rings (SSSR count). The van der Waals surface area contributed by atoms with Crippen LogP contribution in [0.25, 0.3) is 11.3 Å². The van der Waals surface area contributed by atoms with Crippen molar-refractivity contribution in [3.05, 3.63) is 47.1 Å². The monoisotopic (exact) mass is 218 g/mol. The standard InChI is InChI=1S/C12H11ClN2/c1-8-5-12(15-7-11(8)14)9-3-2-4-10(13)6-9/h2-7H,14H2,1H3. The maximum absolute atomic E-state index is 5.91. The van der Waals surface area contributed by atoms with Crippen LogP contribution in [-0.2, 0) is 0 Å². The van der Waals surface area contributed by atoms with Crippen molar-refractivity contribution in [2.24, 2.45) is 0 Å². The highest BCUT2D eigenvalue weighted by Gasteiger charge is 2.01. The quantitative estimate of drug-likeness (QED) is 0.798. The predicted octanol–water partition coefficient (Wildman–Crippen LogP) is 3.29. The predicted molar refractivity (Wildman–Crippen MR) is 63.8 cm³/mol. The fraction of sp³-hybridized carbons (Fsp3) is 0.0833. The maximum Gasteiger partial charge on any atom is 0.0706 e. The van der Waals surface area contributed by atoms with E-state index in [0.717, 1.165) is 16.8 Å². The fourth-order valence-corrected chi connectivity index (χ4v) is 1.56. The molecule has 0 unspecified atom stereocenters. The highest BCUT2D eigenvalue weighted by atomic mass is 35.5. The van der Waals surface area contributed by atoms with Crippen LogP contribution in [0.5, 0.6) is 0 Å². The molecule has 0 amide bonds. The van der Waals surface area contributed by atoms with Gasteiger partial charge in [0.1, 0.15) is 0 Å². The number of rotatable bonds is 1. The Morgan fingerprint density at radius 1 is 1.27 bits per heavy atom. The third-order valence-corrected chi connectivity index (χ3v) is 2.51. The normalized spacial score (nSPS) is 10.3. The van der Waals surface area contributed by atoms with Crippen LogP contribution in [-0.4, -0.2) is 4.98 Å². The lowest BCUT2D eigenvalue weighted by atomic mass is 10.1. The molecule has 0 atom stereocenters. The second-order valence-corrected chi connectivity index (χ2v) is 3.87. The number of hydrogen-bond acceptors (Lipinski definition) is 2. The molecule has 0 spiro atoms. The van der Waals surface area contributed by atoms with Crippen LogP contribution in [0.2, 0.25) is 5.02 Å². The summed E-state index contributed by atoms with van der Waals surface area (Å²) >= 11 is 5.91. The van der Waals surface area contributed by atoms with Crippen molar-refractivity contribution >= 4 is 17.3 Å². The molecule has 0 saturated carbocycles. The lowest BCUT2D eigenvalue weighted by molar-refractivity contribution is 1.29. The number of nitrogen functional groups attached to an aromatic ring is 1. The number of aromatic nitrogens is 1. The molecule has 1 heterocycles. The topological polar surface area (TPSA) is 38.9 Å². The molecule has 2 nitrogen and oxygen atoms in total. The Morgan fingerprint density at radius 2 is 2.07 bits per heavy atom. The Labute approximate surface area is 93.7 Å². The molecule has 0 fully saturated rings. The van der Waals surface area contributed by atoms with Crippen molar-refractivity contribution < 1.29 is 0 Å². The molecule has 0 bridgehead atoms. The van der Waals surface area contributed by atoms with Gasteiger partial charge in [-0.25, -0.2) is 0 Å². The Kier molecular flexibility index (Phi) is 2.60. The zero-order valence-electron chi connectivity index (χ0n) is 8.37. The van der Waals surface area contributed by atoms with Crippen LogP contribution in [0.3, 0.4) is 0 Å². The van der Waals surface area contributed by atoms with E-state index in [1.54, 1.807) is 6.20 Å². The van der Waals surface area contributed by atoms with E-state index in [0.29, 0.717) is 10.7 Å². The molecule has 2 aromatic rings. The van der Waals surface area contributed by atoms with Gasteiger partial charge in [0.2, 0.25) is 0 Å². The summed E-state index contributed by atoms with van der Waals surface area (Å²) in [6.07, 6.45) is 1.67. The molecule has 76 valence electrons. The van der Waals surface area contributed by atoms with E-state index in [1.807, 2.05) is 37.3 Å². The molecule has 0 aliphatic carbocycles. The molecular formula is C12H11ClN2. The lowest BCUT2D eigenvalue weighted by Crippen LogP contribution is -1.92. The fourth-order valence-electron chi connectivity index (χ4n) is 1.37. The lowest BCUT2D eigenvalue weighted by Gasteiger charge is -2.04. The number of halogens is 1. The first-order valence-electron chi connectivity index (χ1n) is 4.65. The zero-order chi connectivity index (χ0) is 10.8. The van der Waals surface area contributed by atoms with Gasteiger partial charge < -0.3 is 5.73 Å². The van der Waals surface area contributed by atoms with E-state index < -0.39 is 0 Å². The zero-order valence-corrected chi connectivity index (χ0v) is 9.12. The molecule has 0 saturated heterocycles. The van der Waals surface area contributed by atoms with E-state index in [-0.39, 0.29) is 0 Å². The highest BCUT2D eigenvalue weighted by Crippen LogP contribution is 2.23. The minimum atomic E-state index is 0.709. The first-order chi connectivity index (χ1) is 7.16. The van der Waals surface area contributed by atoms with Gasteiger partial charge >= 0.3 is 0 Å². The number of nitrogens with two attached hydrogens (primary N) is 1. The van der Waals surface area contributed by atoms with Gasteiger partial charge in [-0.05, 0) is 30.7 Å². The summed E-state index contributed by atoms with van der Waals surface area (Å²) in [5, 5.41) is 0.712. The summed E-state index contributed by atoms with van der Waals surface area (Å²) in [5.74, 6) is 0. The van der Waals surface area contributed by atoms with E-state index in [1.165, 1.54) is 0 Å². The van der Waals surface area contributed by atoms with Crippen molar-refractivity contribution in [3.8, 4) is 11.3 Å². The Bertz CT molecular complexity index is 495. The van der Waals surface area contributed by atoms with Crippen LogP contribution >= 0.6 is 11.6 Å². The van der Waals surface area contributed by atoms with Crippen LogP contribution in [0.4, 0.5) is 5.69 Å². The third-order valence-electron chi connectivity index (χ3n) is 2.27. The number of nitrogens with zero attached hydrogens (tertiary/aromatic N) is 1. The number of pyridine rings is 1. The van der Waals surface area contributed by atoms with Crippen LogP contribution in [0.15, 0.2) is 36.5 Å². The average molecular weight is 219 g/mol. The Hall–Kier alpha value is -1.54. The highest BCUT2D eigenvalue weighted by molar-refractivity contribution is 6.30. The van der Waals surface area contributed by atoms with Gasteiger partial charge in [0.05, 0.1) is 17.6 Å². The van der Waals surface area contributed by atoms with Gasteiger partial charge in [-0.3, -0.25) is 4.98 Å². The summed E-state index contributed by atoms with van der Waals surface area (Å²) in [7, 11) is 0. The minimum Gasteiger partial charge on any atom is -0.397 e. The van der Waals surface area contributed by atoms with Crippen LogP contribution in [0.1, 0.15) is 5.56 Å². The number of aryl methyl sites for hydroxylation is 1. The molecule has 0 radical (unpaired) electrons. The number of anilines is 1. The summed E-state index contributed by atoms with van der Waals surface area (Å²) < 4.78 is 0. The molecule has 3 heteroatoms. The summed E-state index contributed by atoms with van der Waals surface area (Å²) in [5.41, 5.74) is 9.34. The Morgan fingerprint density at radius 3 is 2.73 bits per heavy atom. The number of benzene rings is 1. The SMILES string of the molecule is Cc1cc(-c2cccc(Cl)c2)ncc1N. The maximum atomic E-state index is 5.91. The van der Waals surface area contributed by atoms with Gasteiger partial charge in [0.15, 0.2) is 0 Å². The minimum absolute atomic E-state index is 0.709. The summed E-state index contributed by atoms with van der Waals surface area (Å²) in [4.78, 5) is 4.27. The van der Waals surface area contributed by atoms with Gasteiger partial charge in [0, 0.05) is 10.6 Å². The van der Waals surface area contributed by atoms with Gasteiger partial charge in [0.25, 0.3) is 0 Å². The molecule has 1 aromatic heterocycles. The second-order valence-electron chi connectivity index (χ2n) is 3.44. The van der Waals surface area contributed by atoms with Crippen molar-refractivity contribution in [1.82, 2.24) is 4.98 Å². The average Bonchev–Trinajstić information content (AvgIpc) is 2.22. The summed E-state index contributed by atoms with van der Waals surface area (Å²) in [6, 6.07) is 9.57. The van der Waals surface area contributed by atoms with Crippen LogP contribution in [0, 0.1) is 6.92 Å². The second kappa shape index (κ2) is 3.91. The van der Waals surface area contributed by atoms with Gasteiger partial charge in [-0.15, -0.1) is 0 Å². The van der Waals surface area contributed by atoms with Crippen molar-refractivity contribution in [1.29, 1.82) is 0 Å². The van der Waals surface area contributed by atoms with Crippen LogP contribution < -0.4 is 5.73 Å². The first kappa shape index (κ1) is 9.99. The molecule has 1 aromatic carbocycles. The van der Waals surface area contributed by atoms with E-state index in [9.17, 15) is 0 Å². The molecule has 0 aliphatic heterocycles. The van der Waals surface area contributed by atoms with Crippen molar-refractivity contribution in [2.45, 2.75) is 6.92 Å². The molecule has 15 heavy (non-hydrogen) atoms.